The number of nitrogens with one attached hydrogen (secondary N) is 2. The summed E-state index contributed by atoms with van der Waals surface area (Å²) < 4.78 is 5.26. The molecule has 0 aliphatic carbocycles. The quantitative estimate of drug-likeness (QED) is 0.656. The second-order valence-corrected chi connectivity index (χ2v) is 5.47. The number of benzene rings is 1. The Labute approximate surface area is 138 Å². The Morgan fingerprint density at radius 3 is 2.43 bits per heavy atom. The number of carbonyl (C=O) groups is 2. The summed E-state index contributed by atoms with van der Waals surface area (Å²) in [5, 5.41) is 2.87. The van der Waals surface area contributed by atoms with Gasteiger partial charge in [0.05, 0.1) is 14.2 Å². The van der Waals surface area contributed by atoms with Crippen molar-refractivity contribution < 1.29 is 19.2 Å². The normalized spacial score (nSPS) is 11.7. The minimum atomic E-state index is -0.0826. The molecule has 1 aromatic carbocycles. The lowest BCUT2D eigenvalue weighted by Crippen LogP contribution is -3.11. The van der Waals surface area contributed by atoms with Crippen LogP contribution in [0.4, 0.5) is 0 Å². The molecule has 6 heteroatoms. The van der Waals surface area contributed by atoms with Crippen molar-refractivity contribution >= 4 is 11.8 Å². The summed E-state index contributed by atoms with van der Waals surface area (Å²) in [4.78, 5) is 26.7. The van der Waals surface area contributed by atoms with Crippen molar-refractivity contribution in [3.05, 3.63) is 29.8 Å². The highest BCUT2D eigenvalue weighted by molar-refractivity contribution is 5.79. The summed E-state index contributed by atoms with van der Waals surface area (Å²) in [6, 6.07) is 7.58. The number of para-hydroxylation sites is 1. The number of methoxy groups -OCH3 is 1. The van der Waals surface area contributed by atoms with Crippen LogP contribution in [0.5, 0.6) is 5.75 Å². The number of nitrogens with zero attached hydrogens (tertiary/aromatic N) is 1. The number of rotatable bonds is 9. The third kappa shape index (κ3) is 6.28. The maximum Gasteiger partial charge on any atom is 0.277 e. The zero-order chi connectivity index (χ0) is 17.2. The number of quaternary nitrogens is 1. The minimum absolute atomic E-state index is 0.0741. The molecule has 0 radical (unpaired) electrons. The third-order valence-corrected chi connectivity index (χ3v) is 3.70. The predicted molar refractivity (Wildman–Crippen MR) is 89.4 cm³/mol. The molecule has 6 nitrogen and oxygen atoms in total. The van der Waals surface area contributed by atoms with E-state index in [1.165, 1.54) is 0 Å². The van der Waals surface area contributed by atoms with E-state index in [1.807, 2.05) is 45.2 Å². The average molecular weight is 322 g/mol. The van der Waals surface area contributed by atoms with Gasteiger partial charge in [-0.3, -0.25) is 9.59 Å². The molecule has 0 aromatic heterocycles. The second kappa shape index (κ2) is 9.84. The zero-order valence-electron chi connectivity index (χ0n) is 14.5. The topological polar surface area (TPSA) is 63.1 Å². The first-order chi connectivity index (χ1) is 11.0. The number of carbonyl (C=O) groups excluding carboxylic acids is 2. The smallest absolute Gasteiger partial charge is 0.277 e. The largest absolute Gasteiger partial charge is 0.496 e. The van der Waals surface area contributed by atoms with E-state index < -0.39 is 0 Å². The first kappa shape index (κ1) is 19.0. The van der Waals surface area contributed by atoms with E-state index in [0.29, 0.717) is 26.2 Å². The van der Waals surface area contributed by atoms with E-state index >= 15 is 0 Å². The number of amides is 2. The summed E-state index contributed by atoms with van der Waals surface area (Å²) >= 11 is 0. The standard InChI is InChI=1S/C17H27N3O3/c1-5-20(6-2)17(22)13-19(3)12-16(21)18-11-14-9-7-8-10-15(14)23-4/h7-10H,5-6,11-13H2,1-4H3,(H,18,21)/p+1. The van der Waals surface area contributed by atoms with Crippen LogP contribution in [-0.2, 0) is 16.1 Å². The highest BCUT2D eigenvalue weighted by Crippen LogP contribution is 2.16. The highest BCUT2D eigenvalue weighted by Gasteiger charge is 2.17. The predicted octanol–water partition coefficient (Wildman–Crippen LogP) is -0.305. The molecule has 23 heavy (non-hydrogen) atoms. The van der Waals surface area contributed by atoms with Crippen LogP contribution >= 0.6 is 0 Å². The number of likely N-dealkylation sites (N-methyl/N-ethyl adjacent to an activating group) is 2. The maximum absolute atomic E-state index is 12.0. The Balaban J connectivity index is 2.42. The van der Waals surface area contributed by atoms with Crippen molar-refractivity contribution in [1.82, 2.24) is 10.2 Å². The second-order valence-electron chi connectivity index (χ2n) is 5.47. The highest BCUT2D eigenvalue weighted by atomic mass is 16.5. The lowest BCUT2D eigenvalue weighted by molar-refractivity contribution is -0.863. The summed E-state index contributed by atoms with van der Waals surface area (Å²) in [5.41, 5.74) is 0.931. The number of hydrogen-bond donors (Lipinski definition) is 2. The molecule has 2 amide bonds. The summed E-state index contributed by atoms with van der Waals surface area (Å²) in [6.45, 7) is 6.31. The van der Waals surface area contributed by atoms with Crippen LogP contribution in [-0.4, -0.2) is 57.1 Å². The molecule has 1 unspecified atom stereocenters. The molecule has 1 rings (SSSR count). The zero-order valence-corrected chi connectivity index (χ0v) is 14.5. The Hall–Kier alpha value is -2.08. The molecule has 0 aliphatic heterocycles. The van der Waals surface area contributed by atoms with E-state index in [0.717, 1.165) is 16.2 Å². The molecule has 0 aliphatic rings. The third-order valence-electron chi connectivity index (χ3n) is 3.70. The molecule has 1 atom stereocenters. The average Bonchev–Trinajstić information content (AvgIpc) is 2.54. The Morgan fingerprint density at radius 2 is 1.83 bits per heavy atom. The monoisotopic (exact) mass is 322 g/mol. The molecule has 1 aromatic rings. The van der Waals surface area contributed by atoms with E-state index in [2.05, 4.69) is 5.32 Å². The molecular weight excluding hydrogens is 294 g/mol. The summed E-state index contributed by atoms with van der Waals surface area (Å²) in [7, 11) is 3.46. The van der Waals surface area contributed by atoms with Gasteiger partial charge in [0.2, 0.25) is 0 Å². The van der Waals surface area contributed by atoms with E-state index in [-0.39, 0.29) is 18.4 Å². The number of ether oxygens (including phenoxy) is 1. The van der Waals surface area contributed by atoms with Crippen molar-refractivity contribution in [3.8, 4) is 5.75 Å². The van der Waals surface area contributed by atoms with E-state index in [1.54, 1.807) is 12.0 Å². The Bertz CT molecular complexity index is 516. The van der Waals surface area contributed by atoms with Gasteiger partial charge in [0.15, 0.2) is 13.1 Å². The van der Waals surface area contributed by atoms with Gasteiger partial charge in [-0.2, -0.15) is 0 Å². The SMILES string of the molecule is CCN(CC)C(=O)C[NH+](C)CC(=O)NCc1ccccc1OC. The first-order valence-corrected chi connectivity index (χ1v) is 7.99. The van der Waals surface area contributed by atoms with Crippen molar-refractivity contribution in [2.45, 2.75) is 20.4 Å². The van der Waals surface area contributed by atoms with Gasteiger partial charge in [-0.25, -0.2) is 0 Å². The number of hydrogen-bond acceptors (Lipinski definition) is 3. The lowest BCUT2D eigenvalue weighted by atomic mass is 10.2. The van der Waals surface area contributed by atoms with Crippen molar-refractivity contribution in [2.75, 3.05) is 40.3 Å². The summed E-state index contributed by atoms with van der Waals surface area (Å²) in [6.07, 6.45) is 0. The fourth-order valence-corrected chi connectivity index (χ4v) is 2.39. The molecule has 128 valence electrons. The fourth-order valence-electron chi connectivity index (χ4n) is 2.39. The molecular formula is C17H28N3O3+. The maximum atomic E-state index is 12.0. The summed E-state index contributed by atoms with van der Waals surface area (Å²) in [5.74, 6) is 0.746. The van der Waals surface area contributed by atoms with Crippen LogP contribution in [0, 0.1) is 0 Å². The van der Waals surface area contributed by atoms with Gasteiger partial charge in [-0.05, 0) is 19.9 Å². The van der Waals surface area contributed by atoms with Gasteiger partial charge in [-0.15, -0.1) is 0 Å². The van der Waals surface area contributed by atoms with Gasteiger partial charge < -0.3 is 19.9 Å². The fraction of sp³-hybridized carbons (Fsp3) is 0.529. The van der Waals surface area contributed by atoms with Crippen LogP contribution in [0.25, 0.3) is 0 Å². The van der Waals surface area contributed by atoms with Crippen molar-refractivity contribution in [1.29, 1.82) is 0 Å². The Kier molecular flexibility index (Phi) is 8.11. The van der Waals surface area contributed by atoms with Gasteiger partial charge in [0.25, 0.3) is 11.8 Å². The van der Waals surface area contributed by atoms with Crippen LogP contribution < -0.4 is 15.0 Å². The van der Waals surface area contributed by atoms with Gasteiger partial charge in [0, 0.05) is 25.2 Å². The minimum Gasteiger partial charge on any atom is -0.496 e. The van der Waals surface area contributed by atoms with Crippen LogP contribution in [0.2, 0.25) is 0 Å². The van der Waals surface area contributed by atoms with Gasteiger partial charge in [-0.1, -0.05) is 18.2 Å². The van der Waals surface area contributed by atoms with E-state index in [4.69, 9.17) is 4.74 Å². The molecule has 0 heterocycles. The van der Waals surface area contributed by atoms with Crippen LogP contribution in [0.3, 0.4) is 0 Å². The first-order valence-electron chi connectivity index (χ1n) is 7.99. The van der Waals surface area contributed by atoms with Gasteiger partial charge >= 0.3 is 0 Å². The van der Waals surface area contributed by atoms with Crippen LogP contribution in [0.15, 0.2) is 24.3 Å². The molecule has 0 saturated heterocycles. The van der Waals surface area contributed by atoms with E-state index in [9.17, 15) is 9.59 Å². The van der Waals surface area contributed by atoms with Gasteiger partial charge in [0.1, 0.15) is 5.75 Å². The van der Waals surface area contributed by atoms with Crippen molar-refractivity contribution in [2.24, 2.45) is 0 Å². The molecule has 0 saturated carbocycles. The molecule has 0 bridgehead atoms. The Morgan fingerprint density at radius 1 is 1.17 bits per heavy atom. The van der Waals surface area contributed by atoms with Crippen molar-refractivity contribution in [3.63, 3.8) is 0 Å². The molecule has 2 N–H and O–H groups in total. The molecule has 0 fully saturated rings. The molecule has 0 spiro atoms. The van der Waals surface area contributed by atoms with Crippen LogP contribution in [0.1, 0.15) is 19.4 Å². The lowest BCUT2D eigenvalue weighted by Gasteiger charge is -2.21.